The predicted molar refractivity (Wildman–Crippen MR) is 93.7 cm³/mol. The molecule has 0 spiro atoms. The number of quaternary nitrogens is 1. The molecule has 2 fully saturated rings. The summed E-state index contributed by atoms with van der Waals surface area (Å²) in [6, 6.07) is 9.41. The Bertz CT molecular complexity index is 635. The lowest BCUT2D eigenvalue weighted by atomic mass is 9.87. The molecule has 2 aliphatic rings. The van der Waals surface area contributed by atoms with Crippen molar-refractivity contribution < 1.29 is 33.8 Å². The van der Waals surface area contributed by atoms with Crippen LogP contribution in [0, 0.1) is 5.92 Å². The average Bonchev–Trinajstić information content (AvgIpc) is 3.18. The van der Waals surface area contributed by atoms with Crippen molar-refractivity contribution in [1.29, 1.82) is 0 Å². The van der Waals surface area contributed by atoms with Crippen LogP contribution in [0.5, 0.6) is 0 Å². The molecular formula is C20H27NO6. The lowest BCUT2D eigenvalue weighted by Crippen LogP contribution is -2.59. The van der Waals surface area contributed by atoms with Gasteiger partial charge in [-0.2, -0.15) is 9.28 Å². The number of rotatable bonds is 6. The van der Waals surface area contributed by atoms with Crippen LogP contribution in [0.15, 0.2) is 30.3 Å². The first-order chi connectivity index (χ1) is 13.0. The molecular weight excluding hydrogens is 350 g/mol. The largest absolute Gasteiger partial charge is 0.550 e. The number of likely N-dealkylation sites (tertiary alicyclic amines) is 1. The zero-order chi connectivity index (χ0) is 19.3. The maximum Gasteiger partial charge on any atom is 0.520 e. The third-order valence-corrected chi connectivity index (χ3v) is 5.68. The Morgan fingerprint density at radius 1 is 1.11 bits per heavy atom. The van der Waals surface area contributed by atoms with Crippen LogP contribution in [0.25, 0.3) is 0 Å². The van der Waals surface area contributed by atoms with Gasteiger partial charge in [0.1, 0.15) is 6.61 Å². The van der Waals surface area contributed by atoms with Crippen molar-refractivity contribution >= 4 is 12.1 Å². The van der Waals surface area contributed by atoms with Crippen LogP contribution in [0.3, 0.4) is 0 Å². The van der Waals surface area contributed by atoms with Crippen molar-refractivity contribution in [2.45, 2.75) is 57.6 Å². The van der Waals surface area contributed by atoms with E-state index in [1.165, 1.54) is 0 Å². The highest BCUT2D eigenvalue weighted by molar-refractivity contribution is 5.67. The number of amides is 1. The number of carbonyl (C=O) groups is 2. The summed E-state index contributed by atoms with van der Waals surface area (Å²) in [6.07, 6.45) is 1.62. The van der Waals surface area contributed by atoms with Gasteiger partial charge in [0, 0.05) is 18.8 Å². The summed E-state index contributed by atoms with van der Waals surface area (Å²) in [5.74, 6) is -1.48. The number of carbonyl (C=O) groups excluding carboxylic acids is 2. The van der Waals surface area contributed by atoms with E-state index in [1.54, 1.807) is 0 Å². The fourth-order valence-electron chi connectivity index (χ4n) is 3.96. The molecule has 1 unspecified atom stereocenters. The van der Waals surface area contributed by atoms with Crippen LogP contribution in [0.2, 0.25) is 0 Å². The van der Waals surface area contributed by atoms with Crippen LogP contribution >= 0.6 is 0 Å². The summed E-state index contributed by atoms with van der Waals surface area (Å²) >= 11 is 0. The molecule has 1 saturated heterocycles. The van der Waals surface area contributed by atoms with Crippen LogP contribution in [0.4, 0.5) is 4.79 Å². The van der Waals surface area contributed by atoms with Gasteiger partial charge in [0.05, 0.1) is 19.2 Å². The molecule has 1 amide bonds. The molecule has 0 radical (unpaired) electrons. The van der Waals surface area contributed by atoms with Crippen LogP contribution < -0.4 is 5.11 Å². The van der Waals surface area contributed by atoms with Gasteiger partial charge in [0.25, 0.3) is 0 Å². The fourth-order valence-corrected chi connectivity index (χ4v) is 3.96. The number of carboxylic acid groups (broad SMARTS) is 1. The predicted octanol–water partition coefficient (Wildman–Crippen LogP) is 1.53. The van der Waals surface area contributed by atoms with Gasteiger partial charge in [0.15, 0.2) is 0 Å². The smallest absolute Gasteiger partial charge is 0.520 e. The van der Waals surface area contributed by atoms with Gasteiger partial charge in [-0.3, -0.25) is 0 Å². The Hall–Kier alpha value is -1.96. The molecule has 0 aromatic heterocycles. The Morgan fingerprint density at radius 3 is 2.33 bits per heavy atom. The van der Waals surface area contributed by atoms with Crippen molar-refractivity contribution in [3.63, 3.8) is 0 Å². The minimum atomic E-state index is -1.29. The highest BCUT2D eigenvalue weighted by Gasteiger charge is 2.50. The summed E-state index contributed by atoms with van der Waals surface area (Å²) in [7, 11) is 0. The highest BCUT2D eigenvalue weighted by Crippen LogP contribution is 2.31. The summed E-state index contributed by atoms with van der Waals surface area (Å²) in [5, 5.41) is 21.7. The maximum absolute atomic E-state index is 12.8. The number of nitrogens with zero attached hydrogens (tertiary/aromatic N) is 1. The second kappa shape index (κ2) is 8.82. The van der Waals surface area contributed by atoms with Crippen molar-refractivity contribution in [2.24, 2.45) is 5.92 Å². The maximum atomic E-state index is 12.8. The van der Waals surface area contributed by atoms with E-state index < -0.39 is 24.4 Å². The van der Waals surface area contributed by atoms with Gasteiger partial charge in [-0.05, 0) is 37.2 Å². The topological polar surface area (TPSA) is 95.9 Å². The molecule has 0 bridgehead atoms. The first kappa shape index (κ1) is 19.8. The Morgan fingerprint density at radius 2 is 1.74 bits per heavy atom. The third kappa shape index (κ3) is 4.66. The number of aliphatic carboxylic acids is 1. The molecule has 7 nitrogen and oxygen atoms in total. The molecule has 7 heteroatoms. The third-order valence-electron chi connectivity index (χ3n) is 5.68. The molecule has 1 aromatic carbocycles. The van der Waals surface area contributed by atoms with Gasteiger partial charge in [-0.1, -0.05) is 30.3 Å². The van der Waals surface area contributed by atoms with E-state index in [9.17, 15) is 19.8 Å². The number of carboxylic acids is 1. The second-order valence-corrected chi connectivity index (χ2v) is 7.48. The van der Waals surface area contributed by atoms with E-state index in [4.69, 9.17) is 9.47 Å². The molecule has 1 aliphatic heterocycles. The Labute approximate surface area is 159 Å². The highest BCUT2D eigenvalue weighted by atomic mass is 16.7. The van der Waals surface area contributed by atoms with E-state index in [0.29, 0.717) is 38.8 Å². The van der Waals surface area contributed by atoms with E-state index in [0.717, 1.165) is 18.4 Å². The van der Waals surface area contributed by atoms with E-state index in [-0.39, 0.29) is 17.2 Å². The molecule has 3 rings (SSSR count). The Kier molecular flexibility index (Phi) is 6.46. The summed E-state index contributed by atoms with van der Waals surface area (Å²) < 4.78 is 11.0. The van der Waals surface area contributed by atoms with E-state index in [1.807, 2.05) is 30.3 Å². The second-order valence-electron chi connectivity index (χ2n) is 7.48. The standard InChI is InChI=1S/C20H27NO6/c22-18(23)16-8-10-17(11-9-16)27-20(25)21(12-4-5-13-21)19(24)26-14-15-6-2-1-3-7-15/h1-3,6-7,16-17,20,25H,4-5,8-14H2. The van der Waals surface area contributed by atoms with Crippen LogP contribution in [-0.4, -0.2) is 47.3 Å². The normalized spacial score (nSPS) is 25.7. The van der Waals surface area contributed by atoms with Crippen molar-refractivity contribution in [1.82, 2.24) is 0 Å². The molecule has 1 atom stereocenters. The van der Waals surface area contributed by atoms with Gasteiger partial charge >= 0.3 is 12.5 Å². The number of hydrogen-bond acceptors (Lipinski definition) is 6. The minimum absolute atomic E-state index is 0.156. The first-order valence-corrected chi connectivity index (χ1v) is 9.63. The monoisotopic (exact) mass is 377 g/mol. The summed E-state index contributed by atoms with van der Waals surface area (Å²) in [6.45, 7) is 1.11. The number of benzene rings is 1. The number of hydrogen-bond donors (Lipinski definition) is 1. The number of aliphatic hydroxyl groups is 1. The molecule has 1 aliphatic carbocycles. The summed E-state index contributed by atoms with van der Waals surface area (Å²) in [5.41, 5.74) is 0.888. The van der Waals surface area contributed by atoms with Crippen LogP contribution in [0.1, 0.15) is 44.1 Å². The lowest BCUT2D eigenvalue weighted by Gasteiger charge is -2.37. The lowest BCUT2D eigenvalue weighted by molar-refractivity contribution is -0.922. The van der Waals surface area contributed by atoms with Crippen molar-refractivity contribution in [3.8, 4) is 0 Å². The average molecular weight is 377 g/mol. The Balaban J connectivity index is 1.58. The zero-order valence-corrected chi connectivity index (χ0v) is 15.4. The fraction of sp³-hybridized carbons (Fsp3) is 0.600. The molecule has 148 valence electrons. The van der Waals surface area contributed by atoms with E-state index in [2.05, 4.69) is 0 Å². The molecule has 1 saturated carbocycles. The van der Waals surface area contributed by atoms with Gasteiger partial charge in [-0.15, -0.1) is 0 Å². The zero-order valence-electron chi connectivity index (χ0n) is 15.4. The molecule has 1 N–H and O–H groups in total. The van der Waals surface area contributed by atoms with Crippen molar-refractivity contribution in [3.05, 3.63) is 35.9 Å². The van der Waals surface area contributed by atoms with Gasteiger partial charge < -0.3 is 24.5 Å². The van der Waals surface area contributed by atoms with Gasteiger partial charge in [-0.25, -0.2) is 0 Å². The quantitative estimate of drug-likeness (QED) is 0.597. The SMILES string of the molecule is O=C([O-])C1CCC(OC(O)[N+]2(C(=O)OCc3ccccc3)CCCC2)CC1. The number of aliphatic hydroxyl groups excluding tert-OH is 1. The molecule has 1 aromatic rings. The van der Waals surface area contributed by atoms with E-state index >= 15 is 0 Å². The summed E-state index contributed by atoms with van der Waals surface area (Å²) in [4.78, 5) is 23.7. The van der Waals surface area contributed by atoms with Crippen molar-refractivity contribution in [2.75, 3.05) is 13.1 Å². The minimum Gasteiger partial charge on any atom is -0.550 e. The molecule has 27 heavy (non-hydrogen) atoms. The first-order valence-electron chi connectivity index (χ1n) is 9.63. The number of ether oxygens (including phenoxy) is 2. The molecule has 1 heterocycles. The van der Waals surface area contributed by atoms with Gasteiger partial charge in [0.2, 0.25) is 0 Å². The van der Waals surface area contributed by atoms with Crippen LogP contribution in [-0.2, 0) is 20.9 Å².